The maximum Gasteiger partial charge on any atom is 0.212 e. The maximum atomic E-state index is 13.3. The van der Waals surface area contributed by atoms with Gasteiger partial charge < -0.3 is 15.2 Å². The van der Waals surface area contributed by atoms with Crippen molar-refractivity contribution in [2.24, 2.45) is 5.73 Å². The SMILES string of the molecule is COc1ccc(C2C[C@H](N)c3ccc(F)cc3O2)cn1. The van der Waals surface area contributed by atoms with Crippen LogP contribution in [0, 0.1) is 5.82 Å². The van der Waals surface area contributed by atoms with Crippen LogP contribution >= 0.6 is 0 Å². The van der Waals surface area contributed by atoms with Crippen LogP contribution in [0.1, 0.15) is 29.7 Å². The van der Waals surface area contributed by atoms with E-state index < -0.39 is 0 Å². The van der Waals surface area contributed by atoms with Crippen molar-refractivity contribution in [1.29, 1.82) is 0 Å². The summed E-state index contributed by atoms with van der Waals surface area (Å²) in [6.07, 6.45) is 2.10. The average Bonchev–Trinajstić information content (AvgIpc) is 2.46. The lowest BCUT2D eigenvalue weighted by molar-refractivity contribution is 0.160. The lowest BCUT2D eigenvalue weighted by Gasteiger charge is -2.30. The maximum absolute atomic E-state index is 13.3. The summed E-state index contributed by atoms with van der Waals surface area (Å²) in [6.45, 7) is 0. The third-order valence-corrected chi connectivity index (χ3v) is 3.45. The molecular formula is C15H15FN2O2. The number of halogens is 1. The molecule has 1 unspecified atom stereocenters. The molecule has 5 heteroatoms. The predicted molar refractivity (Wildman–Crippen MR) is 72.1 cm³/mol. The van der Waals surface area contributed by atoms with Crippen LogP contribution in [0.4, 0.5) is 4.39 Å². The van der Waals surface area contributed by atoms with Crippen molar-refractivity contribution in [3.8, 4) is 11.6 Å². The molecule has 2 aromatic rings. The Morgan fingerprint density at radius 1 is 1.35 bits per heavy atom. The van der Waals surface area contributed by atoms with Crippen molar-refractivity contribution in [2.45, 2.75) is 18.6 Å². The summed E-state index contributed by atoms with van der Waals surface area (Å²) in [5, 5.41) is 0. The van der Waals surface area contributed by atoms with Gasteiger partial charge in [0.15, 0.2) is 0 Å². The van der Waals surface area contributed by atoms with Gasteiger partial charge in [-0.05, 0) is 12.1 Å². The molecule has 0 saturated carbocycles. The van der Waals surface area contributed by atoms with Gasteiger partial charge in [-0.2, -0.15) is 0 Å². The fourth-order valence-electron chi connectivity index (χ4n) is 2.38. The van der Waals surface area contributed by atoms with Gasteiger partial charge in [0.25, 0.3) is 0 Å². The van der Waals surface area contributed by atoms with Crippen LogP contribution < -0.4 is 15.2 Å². The number of hydrogen-bond donors (Lipinski definition) is 1. The highest BCUT2D eigenvalue weighted by Crippen LogP contribution is 2.39. The first-order valence-electron chi connectivity index (χ1n) is 6.39. The molecule has 0 radical (unpaired) electrons. The molecule has 104 valence electrons. The van der Waals surface area contributed by atoms with Gasteiger partial charge in [-0.15, -0.1) is 0 Å². The first-order valence-corrected chi connectivity index (χ1v) is 6.39. The standard InChI is InChI=1S/C15H15FN2O2/c1-19-15-5-2-9(8-18-15)13-7-12(17)11-4-3-10(16)6-14(11)20-13/h2-6,8,12-13H,7,17H2,1H3/t12-,13?/m0/s1. The Balaban J connectivity index is 1.89. The molecule has 1 aliphatic heterocycles. The van der Waals surface area contributed by atoms with Crippen molar-refractivity contribution < 1.29 is 13.9 Å². The van der Waals surface area contributed by atoms with Gasteiger partial charge >= 0.3 is 0 Å². The average molecular weight is 274 g/mol. The third-order valence-electron chi connectivity index (χ3n) is 3.45. The monoisotopic (exact) mass is 274 g/mol. The second-order valence-electron chi connectivity index (χ2n) is 4.76. The minimum atomic E-state index is -0.329. The molecule has 2 atom stereocenters. The van der Waals surface area contributed by atoms with Gasteiger partial charge in [0.2, 0.25) is 5.88 Å². The topological polar surface area (TPSA) is 57.4 Å². The molecule has 4 nitrogen and oxygen atoms in total. The second kappa shape index (κ2) is 5.09. The molecule has 2 heterocycles. The Morgan fingerprint density at radius 2 is 2.20 bits per heavy atom. The minimum absolute atomic E-state index is 0.175. The highest BCUT2D eigenvalue weighted by molar-refractivity contribution is 5.39. The van der Waals surface area contributed by atoms with E-state index >= 15 is 0 Å². The molecule has 0 amide bonds. The van der Waals surface area contributed by atoms with Crippen LogP contribution in [-0.2, 0) is 0 Å². The molecule has 1 aromatic heterocycles. The molecule has 0 saturated heterocycles. The van der Waals surface area contributed by atoms with E-state index in [-0.39, 0.29) is 18.0 Å². The Morgan fingerprint density at radius 3 is 2.90 bits per heavy atom. The first kappa shape index (κ1) is 12.9. The van der Waals surface area contributed by atoms with Crippen molar-refractivity contribution in [2.75, 3.05) is 7.11 Å². The molecule has 0 spiro atoms. The lowest BCUT2D eigenvalue weighted by atomic mass is 9.94. The van der Waals surface area contributed by atoms with Crippen molar-refractivity contribution in [1.82, 2.24) is 4.98 Å². The van der Waals surface area contributed by atoms with Crippen molar-refractivity contribution in [3.63, 3.8) is 0 Å². The zero-order valence-electron chi connectivity index (χ0n) is 11.0. The number of benzene rings is 1. The number of fused-ring (bicyclic) bond motifs is 1. The lowest BCUT2D eigenvalue weighted by Crippen LogP contribution is -2.24. The second-order valence-corrected chi connectivity index (χ2v) is 4.76. The molecule has 1 aromatic carbocycles. The highest BCUT2D eigenvalue weighted by Gasteiger charge is 2.27. The number of nitrogens with zero attached hydrogens (tertiary/aromatic N) is 1. The van der Waals surface area contributed by atoms with E-state index in [2.05, 4.69) is 4.98 Å². The van der Waals surface area contributed by atoms with Crippen LogP contribution in [0.25, 0.3) is 0 Å². The van der Waals surface area contributed by atoms with E-state index in [9.17, 15) is 4.39 Å². The molecule has 0 aliphatic carbocycles. The van der Waals surface area contributed by atoms with Crippen LogP contribution in [0.5, 0.6) is 11.6 Å². The number of aromatic nitrogens is 1. The van der Waals surface area contributed by atoms with Crippen molar-refractivity contribution in [3.05, 3.63) is 53.5 Å². The summed E-state index contributed by atoms with van der Waals surface area (Å²) in [6, 6.07) is 7.93. The molecular weight excluding hydrogens is 259 g/mol. The summed E-state index contributed by atoms with van der Waals surface area (Å²) in [7, 11) is 1.56. The summed E-state index contributed by atoms with van der Waals surface area (Å²) >= 11 is 0. The number of nitrogens with two attached hydrogens (primary N) is 1. The fraction of sp³-hybridized carbons (Fsp3) is 0.267. The van der Waals surface area contributed by atoms with Crippen molar-refractivity contribution >= 4 is 0 Å². The Kier molecular flexibility index (Phi) is 3.28. The normalized spacial score (nSPS) is 20.9. The quantitative estimate of drug-likeness (QED) is 0.914. The van der Waals surface area contributed by atoms with E-state index in [0.29, 0.717) is 18.1 Å². The van der Waals surface area contributed by atoms with Gasteiger partial charge in [0, 0.05) is 41.9 Å². The fourth-order valence-corrected chi connectivity index (χ4v) is 2.38. The highest BCUT2D eigenvalue weighted by atomic mass is 19.1. The number of methoxy groups -OCH3 is 1. The van der Waals surface area contributed by atoms with Gasteiger partial charge in [-0.25, -0.2) is 9.37 Å². The number of hydrogen-bond acceptors (Lipinski definition) is 4. The van der Waals surface area contributed by atoms with Gasteiger partial charge in [0.05, 0.1) is 7.11 Å². The molecule has 2 N–H and O–H groups in total. The zero-order chi connectivity index (χ0) is 14.1. The summed E-state index contributed by atoms with van der Waals surface area (Å²) in [5.74, 6) is 0.717. The van der Waals surface area contributed by atoms with Crippen LogP contribution in [0.15, 0.2) is 36.5 Å². The van der Waals surface area contributed by atoms with E-state index in [1.54, 1.807) is 25.4 Å². The Labute approximate surface area is 116 Å². The zero-order valence-corrected chi connectivity index (χ0v) is 11.0. The molecule has 0 fully saturated rings. The molecule has 20 heavy (non-hydrogen) atoms. The van der Waals surface area contributed by atoms with E-state index in [1.807, 2.05) is 6.07 Å². The van der Waals surface area contributed by atoms with Crippen LogP contribution in [-0.4, -0.2) is 12.1 Å². The molecule has 1 aliphatic rings. The van der Waals surface area contributed by atoms with Crippen LogP contribution in [0.2, 0.25) is 0 Å². The number of ether oxygens (including phenoxy) is 2. The Hall–Kier alpha value is -2.14. The first-order chi connectivity index (χ1) is 9.67. The number of pyridine rings is 1. The van der Waals surface area contributed by atoms with E-state index in [4.69, 9.17) is 15.2 Å². The third kappa shape index (κ3) is 2.32. The predicted octanol–water partition coefficient (Wildman–Crippen LogP) is 2.75. The summed E-state index contributed by atoms with van der Waals surface area (Å²) in [5.41, 5.74) is 7.87. The molecule has 3 rings (SSSR count). The van der Waals surface area contributed by atoms with Gasteiger partial charge in [0.1, 0.15) is 17.7 Å². The molecule has 0 bridgehead atoms. The van der Waals surface area contributed by atoms with E-state index in [1.165, 1.54) is 12.1 Å². The summed E-state index contributed by atoms with van der Waals surface area (Å²) in [4.78, 5) is 4.15. The Bertz CT molecular complexity index is 616. The smallest absolute Gasteiger partial charge is 0.212 e. The summed E-state index contributed by atoms with van der Waals surface area (Å²) < 4.78 is 24.2. The van der Waals surface area contributed by atoms with Crippen LogP contribution in [0.3, 0.4) is 0 Å². The van der Waals surface area contributed by atoms with Gasteiger partial charge in [-0.1, -0.05) is 6.07 Å². The van der Waals surface area contributed by atoms with Gasteiger partial charge in [-0.3, -0.25) is 0 Å². The largest absolute Gasteiger partial charge is 0.485 e. The minimum Gasteiger partial charge on any atom is -0.485 e. The van der Waals surface area contributed by atoms with E-state index in [0.717, 1.165) is 11.1 Å². The number of rotatable bonds is 2.